The molecule has 3 rings (SSSR count). The maximum absolute atomic E-state index is 12.3. The van der Waals surface area contributed by atoms with Crippen molar-refractivity contribution >= 4 is 12.1 Å². The molecule has 0 aliphatic heterocycles. The number of amides is 1. The van der Waals surface area contributed by atoms with Crippen molar-refractivity contribution in [2.75, 3.05) is 0 Å². The maximum atomic E-state index is 12.3. The van der Waals surface area contributed by atoms with Crippen molar-refractivity contribution in [1.82, 2.24) is 5.43 Å². The summed E-state index contributed by atoms with van der Waals surface area (Å²) in [5, 5.41) is 3.91. The molecule has 0 saturated heterocycles. The van der Waals surface area contributed by atoms with Gasteiger partial charge in [0.2, 0.25) is 0 Å². The van der Waals surface area contributed by atoms with Gasteiger partial charge in [-0.3, -0.25) is 4.79 Å². The van der Waals surface area contributed by atoms with Gasteiger partial charge >= 0.3 is 0 Å². The summed E-state index contributed by atoms with van der Waals surface area (Å²) in [7, 11) is 0. The van der Waals surface area contributed by atoms with Gasteiger partial charge in [0, 0.05) is 0 Å². The summed E-state index contributed by atoms with van der Waals surface area (Å²) in [6.45, 7) is 1.84. The zero-order valence-corrected chi connectivity index (χ0v) is 13.1. The molecule has 0 aliphatic carbocycles. The molecule has 0 radical (unpaired) electrons. The van der Waals surface area contributed by atoms with E-state index in [9.17, 15) is 4.79 Å². The summed E-state index contributed by atoms with van der Waals surface area (Å²) in [6.07, 6.45) is 1.45. The van der Waals surface area contributed by atoms with Gasteiger partial charge in [-0.25, -0.2) is 5.43 Å². The Labute approximate surface area is 139 Å². The lowest BCUT2D eigenvalue weighted by Crippen LogP contribution is -2.18. The minimum Gasteiger partial charge on any atom is -0.460 e. The van der Waals surface area contributed by atoms with E-state index in [1.54, 1.807) is 24.3 Å². The number of hydrazone groups is 1. The second-order valence-corrected chi connectivity index (χ2v) is 5.06. The normalized spacial score (nSPS) is 10.7. The third kappa shape index (κ3) is 3.89. The van der Waals surface area contributed by atoms with Gasteiger partial charge in [-0.05, 0) is 43.3 Å². The van der Waals surface area contributed by atoms with Gasteiger partial charge in [0.05, 0.1) is 11.8 Å². The van der Waals surface area contributed by atoms with Crippen LogP contribution in [0, 0.1) is 6.92 Å². The number of nitrogens with zero attached hydrogens (tertiary/aromatic N) is 1. The summed E-state index contributed by atoms with van der Waals surface area (Å²) < 4.78 is 11.1. The fourth-order valence-electron chi connectivity index (χ4n) is 2.10. The highest BCUT2D eigenvalue weighted by Gasteiger charge is 2.12. The van der Waals surface area contributed by atoms with Crippen LogP contribution >= 0.6 is 0 Å². The number of aryl methyl sites for hydroxylation is 1. The number of carbonyl (C=O) groups is 1. The molecule has 5 heteroatoms. The Hall–Kier alpha value is -3.34. The van der Waals surface area contributed by atoms with Crippen molar-refractivity contribution in [2.24, 2.45) is 5.10 Å². The van der Waals surface area contributed by atoms with E-state index >= 15 is 0 Å². The van der Waals surface area contributed by atoms with Crippen LogP contribution in [0.1, 0.15) is 21.9 Å². The molecular weight excluding hydrogens is 304 g/mol. The number of carbonyl (C=O) groups excluding carboxylic acids is 1. The van der Waals surface area contributed by atoms with Gasteiger partial charge in [0.15, 0.2) is 0 Å². The standard InChI is InChI=1S/C19H16N2O3/c1-14-11-12-16(23-14)13-20-21-19(22)17-9-5-6-10-18(17)24-15-7-3-2-4-8-15/h2-13H,1H3,(H,21,22). The van der Waals surface area contributed by atoms with Gasteiger partial charge in [0.25, 0.3) is 5.91 Å². The van der Waals surface area contributed by atoms with Crippen LogP contribution in [-0.4, -0.2) is 12.1 Å². The Kier molecular flexibility index (Phi) is 4.72. The molecule has 0 spiro atoms. The van der Waals surface area contributed by atoms with E-state index in [4.69, 9.17) is 9.15 Å². The molecule has 1 heterocycles. The molecule has 24 heavy (non-hydrogen) atoms. The lowest BCUT2D eigenvalue weighted by Gasteiger charge is -2.09. The maximum Gasteiger partial charge on any atom is 0.275 e. The van der Waals surface area contributed by atoms with Gasteiger partial charge in [-0.1, -0.05) is 30.3 Å². The monoisotopic (exact) mass is 320 g/mol. The van der Waals surface area contributed by atoms with Crippen molar-refractivity contribution in [1.29, 1.82) is 0 Å². The fourth-order valence-corrected chi connectivity index (χ4v) is 2.10. The first kappa shape index (κ1) is 15.6. The number of nitrogens with one attached hydrogen (secondary N) is 1. The van der Waals surface area contributed by atoms with Gasteiger partial charge in [-0.2, -0.15) is 5.10 Å². The zero-order chi connectivity index (χ0) is 16.8. The van der Waals surface area contributed by atoms with Crippen molar-refractivity contribution < 1.29 is 13.9 Å². The highest BCUT2D eigenvalue weighted by atomic mass is 16.5. The number of hydrogen-bond acceptors (Lipinski definition) is 4. The third-order valence-corrected chi connectivity index (χ3v) is 3.22. The van der Waals surface area contributed by atoms with Crippen LogP contribution in [-0.2, 0) is 0 Å². The number of benzene rings is 2. The van der Waals surface area contributed by atoms with Crippen LogP contribution in [0.25, 0.3) is 0 Å². The first-order chi connectivity index (χ1) is 11.7. The number of hydrogen-bond donors (Lipinski definition) is 1. The second-order valence-electron chi connectivity index (χ2n) is 5.06. The molecule has 120 valence electrons. The van der Waals surface area contributed by atoms with Crippen LogP contribution in [0.5, 0.6) is 11.5 Å². The Morgan fingerprint density at radius 1 is 1.04 bits per heavy atom. The second kappa shape index (κ2) is 7.28. The highest BCUT2D eigenvalue weighted by molar-refractivity contribution is 5.97. The molecule has 0 atom stereocenters. The lowest BCUT2D eigenvalue weighted by atomic mass is 10.2. The van der Waals surface area contributed by atoms with E-state index in [0.29, 0.717) is 22.8 Å². The van der Waals surface area contributed by atoms with E-state index in [-0.39, 0.29) is 5.91 Å². The van der Waals surface area contributed by atoms with Crippen LogP contribution in [0.15, 0.2) is 76.2 Å². The van der Waals surface area contributed by atoms with E-state index in [2.05, 4.69) is 10.5 Å². The summed E-state index contributed by atoms with van der Waals surface area (Å²) in [4.78, 5) is 12.3. The minimum atomic E-state index is -0.360. The molecule has 1 N–H and O–H groups in total. The lowest BCUT2D eigenvalue weighted by molar-refractivity contribution is 0.0953. The molecule has 1 amide bonds. The predicted octanol–water partition coefficient (Wildman–Crippen LogP) is 4.14. The van der Waals surface area contributed by atoms with Gasteiger partial charge in [0.1, 0.15) is 23.0 Å². The quantitative estimate of drug-likeness (QED) is 0.567. The number of rotatable bonds is 5. The van der Waals surface area contributed by atoms with Crippen LogP contribution < -0.4 is 10.2 Å². The van der Waals surface area contributed by atoms with Crippen molar-refractivity contribution in [3.8, 4) is 11.5 Å². The van der Waals surface area contributed by atoms with E-state index in [1.807, 2.05) is 49.4 Å². The SMILES string of the molecule is Cc1ccc(C=NNC(=O)c2ccccc2Oc2ccccc2)o1. The zero-order valence-electron chi connectivity index (χ0n) is 13.1. The summed E-state index contributed by atoms with van der Waals surface area (Å²) in [5.41, 5.74) is 2.87. The predicted molar refractivity (Wildman–Crippen MR) is 91.5 cm³/mol. The first-order valence-corrected chi connectivity index (χ1v) is 7.44. The molecule has 0 unspecified atom stereocenters. The largest absolute Gasteiger partial charge is 0.460 e. The molecule has 0 aliphatic rings. The van der Waals surface area contributed by atoms with Gasteiger partial charge in [-0.15, -0.1) is 0 Å². The van der Waals surface area contributed by atoms with Crippen LogP contribution in [0.4, 0.5) is 0 Å². The van der Waals surface area contributed by atoms with Gasteiger partial charge < -0.3 is 9.15 Å². The molecule has 1 aromatic heterocycles. The Morgan fingerprint density at radius 2 is 1.79 bits per heavy atom. The highest BCUT2D eigenvalue weighted by Crippen LogP contribution is 2.24. The minimum absolute atomic E-state index is 0.360. The van der Waals surface area contributed by atoms with E-state index in [1.165, 1.54) is 6.21 Å². The Morgan fingerprint density at radius 3 is 2.54 bits per heavy atom. The summed E-state index contributed by atoms with van der Waals surface area (Å²) >= 11 is 0. The fraction of sp³-hybridized carbons (Fsp3) is 0.0526. The van der Waals surface area contributed by atoms with Crippen LogP contribution in [0.2, 0.25) is 0 Å². The first-order valence-electron chi connectivity index (χ1n) is 7.44. The number of ether oxygens (including phenoxy) is 1. The molecule has 5 nitrogen and oxygen atoms in total. The average molecular weight is 320 g/mol. The average Bonchev–Trinajstić information content (AvgIpc) is 3.01. The Bertz CT molecular complexity index is 854. The molecule has 0 fully saturated rings. The molecule has 2 aromatic carbocycles. The van der Waals surface area contributed by atoms with E-state index < -0.39 is 0 Å². The summed E-state index contributed by atoms with van der Waals surface area (Å²) in [5.74, 6) is 2.12. The van der Waals surface area contributed by atoms with Crippen molar-refractivity contribution in [2.45, 2.75) is 6.92 Å². The molecule has 0 saturated carbocycles. The smallest absolute Gasteiger partial charge is 0.275 e. The molecule has 3 aromatic rings. The third-order valence-electron chi connectivity index (χ3n) is 3.22. The summed E-state index contributed by atoms with van der Waals surface area (Å²) in [6, 6.07) is 19.9. The number of para-hydroxylation sites is 2. The molecular formula is C19H16N2O3. The Balaban J connectivity index is 1.71. The van der Waals surface area contributed by atoms with E-state index in [0.717, 1.165) is 5.76 Å². The topological polar surface area (TPSA) is 63.8 Å². The molecule has 0 bridgehead atoms. The van der Waals surface area contributed by atoms with Crippen molar-refractivity contribution in [3.05, 3.63) is 83.8 Å². The van der Waals surface area contributed by atoms with Crippen molar-refractivity contribution in [3.63, 3.8) is 0 Å². The van der Waals surface area contributed by atoms with Crippen LogP contribution in [0.3, 0.4) is 0 Å². The number of furan rings is 1.